The lowest BCUT2D eigenvalue weighted by molar-refractivity contribution is -0.585. The van der Waals surface area contributed by atoms with Crippen LogP contribution in [0.4, 0.5) is 10.5 Å². The van der Waals surface area contributed by atoms with Gasteiger partial charge < -0.3 is 4.74 Å². The van der Waals surface area contributed by atoms with Gasteiger partial charge in [0.15, 0.2) is 5.41 Å². The van der Waals surface area contributed by atoms with Crippen molar-refractivity contribution in [3.8, 4) is 12.1 Å². The number of ether oxygens (including phenoxy) is 1. The van der Waals surface area contributed by atoms with Gasteiger partial charge in [-0.3, -0.25) is 15.0 Å². The zero-order chi connectivity index (χ0) is 20.9. The highest BCUT2D eigenvalue weighted by Gasteiger charge is 2.78. The number of nitro groups is 1. The van der Waals surface area contributed by atoms with Gasteiger partial charge in [0.25, 0.3) is 5.54 Å². The number of carbonyl (C=O) groups is 1. The molecule has 0 aromatic heterocycles. The Bertz CT molecular complexity index is 938. The second-order valence-electron chi connectivity index (χ2n) is 8.09. The van der Waals surface area contributed by atoms with E-state index in [9.17, 15) is 25.4 Å². The molecule has 2 aliphatic rings. The molecule has 1 fully saturated rings. The Labute approximate surface area is 162 Å². The van der Waals surface area contributed by atoms with E-state index in [0.29, 0.717) is 0 Å². The second-order valence-corrected chi connectivity index (χ2v) is 8.09. The predicted octanol–water partition coefficient (Wildman–Crippen LogP) is 3.52. The van der Waals surface area contributed by atoms with Crippen LogP contribution < -0.4 is 4.90 Å². The third-order valence-electron chi connectivity index (χ3n) is 5.42. The van der Waals surface area contributed by atoms with Crippen molar-refractivity contribution in [2.45, 2.75) is 44.4 Å². The van der Waals surface area contributed by atoms with Crippen molar-refractivity contribution < 1.29 is 14.5 Å². The van der Waals surface area contributed by atoms with E-state index in [1.54, 1.807) is 45.0 Å². The van der Waals surface area contributed by atoms with Crippen LogP contribution in [0.3, 0.4) is 0 Å². The first-order valence-corrected chi connectivity index (χ1v) is 8.80. The molecule has 0 N–H and O–H groups in total. The maximum Gasteiger partial charge on any atom is 0.415 e. The minimum Gasteiger partial charge on any atom is -0.443 e. The Kier molecular flexibility index (Phi) is 4.20. The molecule has 8 nitrogen and oxygen atoms in total. The summed E-state index contributed by atoms with van der Waals surface area (Å²) in [5.74, 6) is -0.805. The van der Waals surface area contributed by atoms with E-state index in [1.807, 2.05) is 12.1 Å². The molecular formula is C20H20N4O4. The second kappa shape index (κ2) is 6.07. The summed E-state index contributed by atoms with van der Waals surface area (Å²) in [5, 5.41) is 32.2. The number of amides is 1. The third kappa shape index (κ3) is 2.31. The molecule has 3 rings (SSSR count). The molecule has 1 amide bonds. The van der Waals surface area contributed by atoms with Crippen molar-refractivity contribution in [2.24, 2.45) is 11.3 Å². The fourth-order valence-electron chi connectivity index (χ4n) is 4.47. The van der Waals surface area contributed by atoms with Gasteiger partial charge in [-0.05, 0) is 39.3 Å². The monoisotopic (exact) mass is 380 g/mol. The fraction of sp³-hybridized carbons (Fsp3) is 0.450. The van der Waals surface area contributed by atoms with Crippen LogP contribution in [0.5, 0.6) is 0 Å². The van der Waals surface area contributed by atoms with E-state index in [2.05, 4.69) is 6.58 Å². The molecule has 0 radical (unpaired) electrons. The Balaban J connectivity index is 2.36. The van der Waals surface area contributed by atoms with Crippen LogP contribution in [0, 0.1) is 44.1 Å². The van der Waals surface area contributed by atoms with Gasteiger partial charge in [0.05, 0.1) is 29.3 Å². The maximum atomic E-state index is 13.1. The standard InChI is InChI=1S/C20H20N4O4/c1-5-13-10-19(11-21,12-22)16-20(13,24(26)27)14-8-6-7-9-15(14)23(16)17(25)28-18(2,3)4/h5-9,13,16H,1,10H2,2-4H3/t13-,16-,20+/m1/s1. The summed E-state index contributed by atoms with van der Waals surface area (Å²) in [4.78, 5) is 26.2. The molecule has 1 heterocycles. The summed E-state index contributed by atoms with van der Waals surface area (Å²) in [5.41, 5.74) is -3.92. The minimum atomic E-state index is -1.85. The summed E-state index contributed by atoms with van der Waals surface area (Å²) in [6, 6.07) is 9.01. The molecular weight excluding hydrogens is 360 g/mol. The van der Waals surface area contributed by atoms with E-state index in [1.165, 1.54) is 6.08 Å². The molecule has 0 spiro atoms. The minimum absolute atomic E-state index is 0.0945. The summed E-state index contributed by atoms with van der Waals surface area (Å²) >= 11 is 0. The molecule has 1 aromatic carbocycles. The van der Waals surface area contributed by atoms with Crippen molar-refractivity contribution >= 4 is 11.8 Å². The smallest absolute Gasteiger partial charge is 0.415 e. The first-order chi connectivity index (χ1) is 13.1. The predicted molar refractivity (Wildman–Crippen MR) is 99.6 cm³/mol. The zero-order valence-electron chi connectivity index (χ0n) is 15.9. The Morgan fingerprint density at radius 1 is 1.39 bits per heavy atom. The molecule has 0 bridgehead atoms. The number of anilines is 1. The highest BCUT2D eigenvalue weighted by Crippen LogP contribution is 2.63. The van der Waals surface area contributed by atoms with Crippen molar-refractivity contribution in [2.75, 3.05) is 4.90 Å². The summed E-state index contributed by atoms with van der Waals surface area (Å²) in [6.45, 7) is 8.74. The van der Waals surface area contributed by atoms with Gasteiger partial charge in [-0.2, -0.15) is 10.5 Å². The Morgan fingerprint density at radius 2 is 2.00 bits per heavy atom. The van der Waals surface area contributed by atoms with Gasteiger partial charge in [-0.15, -0.1) is 6.58 Å². The number of para-hydroxylation sites is 1. The molecule has 144 valence electrons. The third-order valence-corrected chi connectivity index (χ3v) is 5.42. The number of hydrogen-bond donors (Lipinski definition) is 0. The number of nitrogens with zero attached hydrogens (tertiary/aromatic N) is 4. The number of carbonyl (C=O) groups excluding carboxylic acids is 1. The SMILES string of the molecule is C=C[C@@H]1CC(C#N)(C#N)[C@H]2N(C(=O)OC(C)(C)C)c3ccccc3[C@@]12[N+](=O)[O-]. The first kappa shape index (κ1) is 19.4. The highest BCUT2D eigenvalue weighted by atomic mass is 16.6. The molecule has 1 saturated carbocycles. The number of hydrogen-bond acceptors (Lipinski definition) is 6. The van der Waals surface area contributed by atoms with E-state index < -0.39 is 39.5 Å². The molecule has 8 heteroatoms. The average Bonchev–Trinajstić information content (AvgIpc) is 3.10. The Hall–Kier alpha value is -3.39. The Morgan fingerprint density at radius 3 is 2.50 bits per heavy atom. The van der Waals surface area contributed by atoms with Gasteiger partial charge in [0.2, 0.25) is 0 Å². The van der Waals surface area contributed by atoms with Crippen molar-refractivity contribution in [1.82, 2.24) is 0 Å². The molecule has 1 aromatic rings. The van der Waals surface area contributed by atoms with E-state index in [-0.39, 0.29) is 17.7 Å². The molecule has 3 atom stereocenters. The van der Waals surface area contributed by atoms with Gasteiger partial charge in [0.1, 0.15) is 11.6 Å². The number of rotatable bonds is 2. The number of benzene rings is 1. The van der Waals surface area contributed by atoms with Gasteiger partial charge in [0, 0.05) is 4.92 Å². The lowest BCUT2D eigenvalue weighted by Gasteiger charge is -2.33. The van der Waals surface area contributed by atoms with Crippen LogP contribution >= 0.6 is 0 Å². The van der Waals surface area contributed by atoms with Crippen LogP contribution in [-0.4, -0.2) is 22.7 Å². The lowest BCUT2D eigenvalue weighted by Crippen LogP contribution is -2.56. The van der Waals surface area contributed by atoms with E-state index >= 15 is 0 Å². The maximum absolute atomic E-state index is 13.1. The largest absolute Gasteiger partial charge is 0.443 e. The van der Waals surface area contributed by atoms with Gasteiger partial charge in [-0.25, -0.2) is 4.79 Å². The average molecular weight is 380 g/mol. The summed E-state index contributed by atoms with van der Waals surface area (Å²) in [6.07, 6.45) is 0.484. The molecule has 1 aliphatic carbocycles. The number of nitriles is 2. The highest BCUT2D eigenvalue weighted by molar-refractivity contribution is 5.93. The number of fused-ring (bicyclic) bond motifs is 3. The van der Waals surface area contributed by atoms with Crippen LogP contribution in [0.15, 0.2) is 36.9 Å². The molecule has 1 aliphatic heterocycles. The fourth-order valence-corrected chi connectivity index (χ4v) is 4.47. The molecule has 0 saturated heterocycles. The summed E-state index contributed by atoms with van der Waals surface area (Å²) in [7, 11) is 0. The normalized spacial score (nSPS) is 27.1. The van der Waals surface area contributed by atoms with Crippen LogP contribution in [0.1, 0.15) is 32.8 Å². The zero-order valence-corrected chi connectivity index (χ0v) is 15.9. The first-order valence-electron chi connectivity index (χ1n) is 8.80. The van der Waals surface area contributed by atoms with Crippen LogP contribution in [0.25, 0.3) is 0 Å². The lowest BCUT2D eigenvalue weighted by atomic mass is 9.78. The molecule has 0 unspecified atom stereocenters. The van der Waals surface area contributed by atoms with Crippen molar-refractivity contribution in [1.29, 1.82) is 10.5 Å². The van der Waals surface area contributed by atoms with E-state index in [4.69, 9.17) is 4.74 Å². The van der Waals surface area contributed by atoms with Crippen molar-refractivity contribution in [3.63, 3.8) is 0 Å². The van der Waals surface area contributed by atoms with Gasteiger partial charge >= 0.3 is 6.09 Å². The summed E-state index contributed by atoms with van der Waals surface area (Å²) < 4.78 is 5.48. The molecule has 28 heavy (non-hydrogen) atoms. The van der Waals surface area contributed by atoms with Crippen molar-refractivity contribution in [3.05, 3.63) is 52.6 Å². The van der Waals surface area contributed by atoms with Crippen LogP contribution in [0.2, 0.25) is 0 Å². The quantitative estimate of drug-likeness (QED) is 0.440. The topological polar surface area (TPSA) is 120 Å². The van der Waals surface area contributed by atoms with E-state index in [0.717, 1.165) is 4.90 Å². The van der Waals surface area contributed by atoms with Gasteiger partial charge in [-0.1, -0.05) is 18.2 Å². The van der Waals surface area contributed by atoms with Crippen LogP contribution in [-0.2, 0) is 10.3 Å².